The number of aryl methyl sites for hydroxylation is 1. The third-order valence-corrected chi connectivity index (χ3v) is 4.35. The van der Waals surface area contributed by atoms with Crippen LogP contribution in [0.2, 0.25) is 0 Å². The summed E-state index contributed by atoms with van der Waals surface area (Å²) in [4.78, 5) is 13.6. The van der Waals surface area contributed by atoms with E-state index in [-0.39, 0.29) is 5.91 Å². The normalized spacial score (nSPS) is 14.8. The summed E-state index contributed by atoms with van der Waals surface area (Å²) >= 11 is 1.29. The maximum absolute atomic E-state index is 12.1. The highest BCUT2D eigenvalue weighted by molar-refractivity contribution is 8.15. The number of carbonyl (C=O) groups excluding carboxylic acids is 1. The molecule has 21 heavy (non-hydrogen) atoms. The van der Waals surface area contributed by atoms with Crippen LogP contribution in [-0.4, -0.2) is 16.8 Å². The highest BCUT2D eigenvalue weighted by atomic mass is 32.2. The second-order valence-electron chi connectivity index (χ2n) is 5.12. The van der Waals surface area contributed by atoms with Gasteiger partial charge in [-0.15, -0.1) is 0 Å². The molecular formula is C17H16N2OS. The van der Waals surface area contributed by atoms with E-state index in [1.807, 2.05) is 31.2 Å². The van der Waals surface area contributed by atoms with E-state index in [4.69, 9.17) is 5.41 Å². The maximum Gasteiger partial charge on any atom is 0.243 e. The highest BCUT2D eigenvalue weighted by Gasteiger charge is 2.29. The van der Waals surface area contributed by atoms with Gasteiger partial charge in [-0.1, -0.05) is 54.2 Å². The molecule has 106 valence electrons. The summed E-state index contributed by atoms with van der Waals surface area (Å²) in [6, 6.07) is 16.3. The van der Waals surface area contributed by atoms with Crippen molar-refractivity contribution in [3.63, 3.8) is 0 Å². The summed E-state index contributed by atoms with van der Waals surface area (Å²) in [7, 11) is 0. The average molecular weight is 296 g/mol. The van der Waals surface area contributed by atoms with Crippen molar-refractivity contribution >= 4 is 28.5 Å². The molecule has 1 N–H and O–H groups in total. The Kier molecular flexibility index (Phi) is 3.80. The third-order valence-electron chi connectivity index (χ3n) is 3.50. The Bertz CT molecular complexity index is 681. The summed E-state index contributed by atoms with van der Waals surface area (Å²) in [5, 5.41) is 8.31. The SMILES string of the molecule is Cc1ccc(Cc2ccccc2)c(N2C(=N)SCC2=O)c1. The van der Waals surface area contributed by atoms with Crippen LogP contribution in [0.3, 0.4) is 0 Å². The number of carbonyl (C=O) groups is 1. The summed E-state index contributed by atoms with van der Waals surface area (Å²) in [5.41, 5.74) is 4.22. The number of nitrogens with one attached hydrogen (secondary N) is 1. The van der Waals surface area contributed by atoms with Crippen molar-refractivity contribution in [1.29, 1.82) is 5.41 Å². The molecule has 0 radical (unpaired) electrons. The minimum atomic E-state index is -0.00934. The van der Waals surface area contributed by atoms with Gasteiger partial charge in [0.2, 0.25) is 5.91 Å². The Morgan fingerprint density at radius 3 is 2.62 bits per heavy atom. The van der Waals surface area contributed by atoms with E-state index in [2.05, 4.69) is 24.3 Å². The topological polar surface area (TPSA) is 44.2 Å². The maximum atomic E-state index is 12.1. The lowest BCUT2D eigenvalue weighted by atomic mass is 10.0. The van der Waals surface area contributed by atoms with Gasteiger partial charge in [0.1, 0.15) is 0 Å². The Hall–Kier alpha value is -2.07. The molecule has 0 saturated carbocycles. The van der Waals surface area contributed by atoms with Crippen LogP contribution in [0, 0.1) is 12.3 Å². The molecular weight excluding hydrogens is 280 g/mol. The first kappa shape index (κ1) is 13.9. The Morgan fingerprint density at radius 1 is 1.19 bits per heavy atom. The number of rotatable bonds is 3. The molecule has 0 bridgehead atoms. The summed E-state index contributed by atoms with van der Waals surface area (Å²) in [6.45, 7) is 2.01. The van der Waals surface area contributed by atoms with Crippen LogP contribution < -0.4 is 4.90 Å². The number of hydrogen-bond acceptors (Lipinski definition) is 3. The Labute approximate surface area is 128 Å². The second kappa shape index (κ2) is 5.74. The fraction of sp³-hybridized carbons (Fsp3) is 0.176. The number of amides is 1. The molecule has 1 aliphatic rings. The van der Waals surface area contributed by atoms with Gasteiger partial charge in [-0.05, 0) is 36.1 Å². The van der Waals surface area contributed by atoms with E-state index in [0.29, 0.717) is 10.9 Å². The molecule has 2 aromatic carbocycles. The van der Waals surface area contributed by atoms with Gasteiger partial charge in [-0.25, -0.2) is 0 Å². The zero-order valence-corrected chi connectivity index (χ0v) is 12.6. The van der Waals surface area contributed by atoms with Gasteiger partial charge >= 0.3 is 0 Å². The van der Waals surface area contributed by atoms with Crippen molar-refractivity contribution in [2.75, 3.05) is 10.7 Å². The zero-order chi connectivity index (χ0) is 14.8. The lowest BCUT2D eigenvalue weighted by Crippen LogP contribution is -2.29. The predicted octanol–water partition coefficient (Wildman–Crippen LogP) is 3.60. The van der Waals surface area contributed by atoms with E-state index in [9.17, 15) is 4.79 Å². The average Bonchev–Trinajstić information content (AvgIpc) is 2.81. The van der Waals surface area contributed by atoms with Crippen LogP contribution in [0.25, 0.3) is 0 Å². The van der Waals surface area contributed by atoms with Gasteiger partial charge in [-0.2, -0.15) is 0 Å². The lowest BCUT2D eigenvalue weighted by molar-refractivity contribution is -0.115. The Balaban J connectivity index is 2.01. The van der Waals surface area contributed by atoms with Gasteiger partial charge < -0.3 is 0 Å². The molecule has 0 atom stereocenters. The van der Waals surface area contributed by atoms with Crippen molar-refractivity contribution in [2.45, 2.75) is 13.3 Å². The highest BCUT2D eigenvalue weighted by Crippen LogP contribution is 2.31. The largest absolute Gasteiger partial charge is 0.278 e. The zero-order valence-electron chi connectivity index (χ0n) is 11.8. The number of thioether (sulfide) groups is 1. The molecule has 0 spiro atoms. The van der Waals surface area contributed by atoms with Gasteiger partial charge in [0, 0.05) is 0 Å². The fourth-order valence-corrected chi connectivity index (χ4v) is 3.18. The van der Waals surface area contributed by atoms with E-state index >= 15 is 0 Å². The molecule has 1 fully saturated rings. The molecule has 4 heteroatoms. The van der Waals surface area contributed by atoms with Crippen LogP contribution in [0.5, 0.6) is 0 Å². The van der Waals surface area contributed by atoms with Gasteiger partial charge in [0.25, 0.3) is 0 Å². The Morgan fingerprint density at radius 2 is 1.95 bits per heavy atom. The van der Waals surface area contributed by atoms with Gasteiger partial charge in [0.15, 0.2) is 5.17 Å². The van der Waals surface area contributed by atoms with E-state index in [1.165, 1.54) is 22.2 Å². The first-order chi connectivity index (χ1) is 10.1. The van der Waals surface area contributed by atoms with Crippen LogP contribution >= 0.6 is 11.8 Å². The molecule has 1 saturated heterocycles. The van der Waals surface area contributed by atoms with Crippen molar-refractivity contribution in [3.8, 4) is 0 Å². The monoisotopic (exact) mass is 296 g/mol. The molecule has 1 heterocycles. The van der Waals surface area contributed by atoms with Crippen molar-refractivity contribution < 1.29 is 4.79 Å². The van der Waals surface area contributed by atoms with Gasteiger partial charge in [-0.3, -0.25) is 15.1 Å². The molecule has 1 aliphatic heterocycles. The number of hydrogen-bond donors (Lipinski definition) is 1. The van der Waals surface area contributed by atoms with E-state index in [0.717, 1.165) is 23.2 Å². The van der Waals surface area contributed by atoms with Crippen LogP contribution in [-0.2, 0) is 11.2 Å². The van der Waals surface area contributed by atoms with Gasteiger partial charge in [0.05, 0.1) is 11.4 Å². The molecule has 0 unspecified atom stereocenters. The molecule has 1 amide bonds. The standard InChI is InChI=1S/C17H16N2OS/c1-12-7-8-14(10-13-5-3-2-4-6-13)15(9-12)19-16(20)11-21-17(19)18/h2-9,18H,10-11H2,1H3. The molecule has 0 aromatic heterocycles. The smallest absolute Gasteiger partial charge is 0.243 e. The minimum absolute atomic E-state index is 0.00934. The predicted molar refractivity (Wildman–Crippen MR) is 88.1 cm³/mol. The number of benzene rings is 2. The van der Waals surface area contributed by atoms with E-state index in [1.54, 1.807) is 0 Å². The summed E-state index contributed by atoms with van der Waals surface area (Å²) < 4.78 is 0. The summed E-state index contributed by atoms with van der Waals surface area (Å²) in [5.74, 6) is 0.349. The lowest BCUT2D eigenvalue weighted by Gasteiger charge is -2.20. The third kappa shape index (κ3) is 2.85. The van der Waals surface area contributed by atoms with Crippen molar-refractivity contribution in [1.82, 2.24) is 0 Å². The van der Waals surface area contributed by atoms with E-state index < -0.39 is 0 Å². The van der Waals surface area contributed by atoms with Crippen molar-refractivity contribution in [3.05, 3.63) is 65.2 Å². The molecule has 3 rings (SSSR count). The van der Waals surface area contributed by atoms with Crippen LogP contribution in [0.1, 0.15) is 16.7 Å². The first-order valence-corrected chi connectivity index (χ1v) is 7.81. The second-order valence-corrected chi connectivity index (χ2v) is 6.08. The molecule has 3 nitrogen and oxygen atoms in total. The van der Waals surface area contributed by atoms with Crippen LogP contribution in [0.4, 0.5) is 5.69 Å². The van der Waals surface area contributed by atoms with Crippen LogP contribution in [0.15, 0.2) is 48.5 Å². The van der Waals surface area contributed by atoms with Crippen molar-refractivity contribution in [2.24, 2.45) is 0 Å². The summed E-state index contributed by atoms with van der Waals surface area (Å²) in [6.07, 6.45) is 0.762. The number of amidine groups is 1. The minimum Gasteiger partial charge on any atom is -0.278 e. The quantitative estimate of drug-likeness (QED) is 0.940. The molecule has 0 aliphatic carbocycles. The first-order valence-electron chi connectivity index (χ1n) is 6.83. The number of nitrogens with zero attached hydrogens (tertiary/aromatic N) is 1. The fourth-order valence-electron chi connectivity index (χ4n) is 2.46. The molecule has 2 aromatic rings. The number of anilines is 1.